The Hall–Kier alpha value is -2.41. The van der Waals surface area contributed by atoms with Crippen LogP contribution in [-0.2, 0) is 17.4 Å². The highest BCUT2D eigenvalue weighted by molar-refractivity contribution is 6.33. The van der Waals surface area contributed by atoms with Gasteiger partial charge in [-0.2, -0.15) is 13.2 Å². The molecule has 1 amide bonds. The molecule has 2 aromatic carbocycles. The molecule has 170 valence electrons. The molecule has 0 saturated carbocycles. The van der Waals surface area contributed by atoms with E-state index in [1.54, 1.807) is 6.07 Å². The predicted molar refractivity (Wildman–Crippen MR) is 119 cm³/mol. The van der Waals surface area contributed by atoms with E-state index in [0.29, 0.717) is 36.6 Å². The van der Waals surface area contributed by atoms with E-state index in [2.05, 4.69) is 9.80 Å². The van der Waals surface area contributed by atoms with Gasteiger partial charge in [0.25, 0.3) is 0 Å². The fraction of sp³-hybridized carbons (Fsp3) is 0.458. The van der Waals surface area contributed by atoms with E-state index < -0.39 is 11.7 Å². The molecule has 0 N–H and O–H groups in total. The standard InChI is InChI=1S/C24H25ClF3N3O/c25-19-5-1-2-6-21(19)30-11-12-31-20-8-7-17(24(26,27)28)13-16(20)14-18(22(31)15-30)23(32)29-9-3-4-10-29/h1-2,5-8,13,18,22H,3-4,9-12,14-15H2. The molecule has 0 spiro atoms. The molecule has 3 aliphatic rings. The molecule has 5 rings (SSSR count). The van der Waals surface area contributed by atoms with Crippen LogP contribution >= 0.6 is 11.6 Å². The molecule has 3 heterocycles. The number of rotatable bonds is 2. The van der Waals surface area contributed by atoms with Crippen LogP contribution < -0.4 is 9.80 Å². The Kier molecular flexibility index (Phi) is 5.48. The third-order valence-electron chi connectivity index (χ3n) is 6.97. The summed E-state index contributed by atoms with van der Waals surface area (Å²) in [5.41, 5.74) is 1.70. The van der Waals surface area contributed by atoms with Crippen LogP contribution in [0.1, 0.15) is 24.0 Å². The SMILES string of the molecule is O=C(C1Cc2cc(C(F)(F)F)ccc2N2CCN(c3ccccc3Cl)CC12)N1CCCC1. The first-order valence-corrected chi connectivity index (χ1v) is 11.5. The summed E-state index contributed by atoms with van der Waals surface area (Å²) in [6, 6.07) is 11.5. The zero-order valence-electron chi connectivity index (χ0n) is 17.6. The number of amides is 1. The fourth-order valence-corrected chi connectivity index (χ4v) is 5.64. The lowest BCUT2D eigenvalue weighted by Gasteiger charge is -2.50. The monoisotopic (exact) mass is 463 g/mol. The lowest BCUT2D eigenvalue weighted by Crippen LogP contribution is -2.61. The molecule has 2 atom stereocenters. The van der Waals surface area contributed by atoms with Gasteiger partial charge in [-0.1, -0.05) is 23.7 Å². The van der Waals surface area contributed by atoms with Crippen molar-refractivity contribution in [3.8, 4) is 0 Å². The molecular weight excluding hydrogens is 439 g/mol. The number of piperazine rings is 1. The number of fused-ring (bicyclic) bond motifs is 3. The smallest absolute Gasteiger partial charge is 0.366 e. The summed E-state index contributed by atoms with van der Waals surface area (Å²) in [4.78, 5) is 19.7. The number of para-hydroxylation sites is 1. The molecule has 0 aromatic heterocycles. The second-order valence-electron chi connectivity index (χ2n) is 8.84. The lowest BCUT2D eigenvalue weighted by atomic mass is 9.82. The van der Waals surface area contributed by atoms with Gasteiger partial charge in [-0.05, 0) is 55.2 Å². The maximum Gasteiger partial charge on any atom is 0.416 e. The zero-order chi connectivity index (χ0) is 22.5. The first-order valence-electron chi connectivity index (χ1n) is 11.1. The van der Waals surface area contributed by atoms with E-state index in [1.807, 2.05) is 29.2 Å². The predicted octanol–water partition coefficient (Wildman–Crippen LogP) is 4.85. The highest BCUT2D eigenvalue weighted by Crippen LogP contribution is 2.41. The number of likely N-dealkylation sites (tertiary alicyclic amines) is 1. The van der Waals surface area contributed by atoms with E-state index in [-0.39, 0.29) is 17.9 Å². The second-order valence-corrected chi connectivity index (χ2v) is 9.25. The van der Waals surface area contributed by atoms with Gasteiger partial charge < -0.3 is 14.7 Å². The number of carbonyl (C=O) groups is 1. The van der Waals surface area contributed by atoms with Crippen LogP contribution in [0.4, 0.5) is 24.5 Å². The minimum atomic E-state index is -4.40. The van der Waals surface area contributed by atoms with Crippen LogP contribution in [0.15, 0.2) is 42.5 Å². The molecule has 0 radical (unpaired) electrons. The Bertz CT molecular complexity index is 1020. The summed E-state index contributed by atoms with van der Waals surface area (Å²) in [5, 5.41) is 0.661. The number of halogens is 4. The third kappa shape index (κ3) is 3.81. The van der Waals surface area contributed by atoms with Crippen molar-refractivity contribution in [3.63, 3.8) is 0 Å². The van der Waals surface area contributed by atoms with Gasteiger partial charge >= 0.3 is 6.18 Å². The molecule has 8 heteroatoms. The molecule has 2 aromatic rings. The Labute approximate surface area is 190 Å². The number of hydrogen-bond donors (Lipinski definition) is 0. The highest BCUT2D eigenvalue weighted by atomic mass is 35.5. The number of nitrogens with zero attached hydrogens (tertiary/aromatic N) is 3. The van der Waals surface area contributed by atoms with Crippen molar-refractivity contribution < 1.29 is 18.0 Å². The molecule has 32 heavy (non-hydrogen) atoms. The highest BCUT2D eigenvalue weighted by Gasteiger charge is 2.44. The summed E-state index contributed by atoms with van der Waals surface area (Å²) in [6.07, 6.45) is -2.12. The fourth-order valence-electron chi connectivity index (χ4n) is 5.38. The van der Waals surface area contributed by atoms with E-state index >= 15 is 0 Å². The molecule has 4 nitrogen and oxygen atoms in total. The molecule has 3 aliphatic heterocycles. The molecular formula is C24H25ClF3N3O. The minimum Gasteiger partial charge on any atom is -0.366 e. The Morgan fingerprint density at radius 2 is 1.72 bits per heavy atom. The summed E-state index contributed by atoms with van der Waals surface area (Å²) in [5.74, 6) is -0.323. The van der Waals surface area contributed by atoms with Crippen LogP contribution in [0.5, 0.6) is 0 Å². The minimum absolute atomic E-state index is 0.0570. The van der Waals surface area contributed by atoms with E-state index in [1.165, 1.54) is 6.07 Å². The van der Waals surface area contributed by atoms with Gasteiger partial charge in [0.15, 0.2) is 0 Å². The van der Waals surface area contributed by atoms with Gasteiger partial charge in [0.2, 0.25) is 5.91 Å². The van der Waals surface area contributed by atoms with Crippen LogP contribution in [-0.4, -0.2) is 49.6 Å². The van der Waals surface area contributed by atoms with Crippen molar-refractivity contribution in [1.82, 2.24) is 4.90 Å². The van der Waals surface area contributed by atoms with Gasteiger partial charge in [-0.3, -0.25) is 4.79 Å². The van der Waals surface area contributed by atoms with Crippen molar-refractivity contribution in [2.45, 2.75) is 31.5 Å². The van der Waals surface area contributed by atoms with Crippen molar-refractivity contribution in [3.05, 3.63) is 58.6 Å². The molecule has 2 saturated heterocycles. The van der Waals surface area contributed by atoms with Crippen LogP contribution in [0.3, 0.4) is 0 Å². The molecule has 2 fully saturated rings. The van der Waals surface area contributed by atoms with Crippen molar-refractivity contribution in [2.24, 2.45) is 5.92 Å². The third-order valence-corrected chi connectivity index (χ3v) is 7.29. The van der Waals surface area contributed by atoms with Crippen molar-refractivity contribution in [1.29, 1.82) is 0 Å². The normalized spacial score (nSPS) is 23.2. The molecule has 2 unspecified atom stereocenters. The second kappa shape index (κ2) is 8.18. The Balaban J connectivity index is 1.51. The van der Waals surface area contributed by atoms with Crippen LogP contribution in [0, 0.1) is 5.92 Å². The number of benzene rings is 2. The summed E-state index contributed by atoms with van der Waals surface area (Å²) in [7, 11) is 0. The van der Waals surface area contributed by atoms with Gasteiger partial charge in [-0.25, -0.2) is 0 Å². The average Bonchev–Trinajstić information content (AvgIpc) is 3.32. The van der Waals surface area contributed by atoms with Gasteiger partial charge in [0, 0.05) is 38.4 Å². The van der Waals surface area contributed by atoms with Crippen molar-refractivity contribution in [2.75, 3.05) is 42.5 Å². The summed E-state index contributed by atoms with van der Waals surface area (Å²) in [6.45, 7) is 3.37. The number of alkyl halides is 3. The Morgan fingerprint density at radius 1 is 0.969 bits per heavy atom. The van der Waals surface area contributed by atoms with Gasteiger partial charge in [0.1, 0.15) is 0 Å². The Morgan fingerprint density at radius 3 is 2.44 bits per heavy atom. The first-order chi connectivity index (χ1) is 15.3. The number of hydrogen-bond acceptors (Lipinski definition) is 3. The van der Waals surface area contributed by atoms with Crippen molar-refractivity contribution >= 4 is 28.9 Å². The van der Waals surface area contributed by atoms with Gasteiger partial charge in [0.05, 0.1) is 28.2 Å². The van der Waals surface area contributed by atoms with Gasteiger partial charge in [-0.15, -0.1) is 0 Å². The average molecular weight is 464 g/mol. The van der Waals surface area contributed by atoms with Crippen LogP contribution in [0.2, 0.25) is 5.02 Å². The first kappa shape index (κ1) is 21.4. The number of carbonyl (C=O) groups excluding carboxylic acids is 1. The quantitative estimate of drug-likeness (QED) is 0.637. The molecule has 0 aliphatic carbocycles. The van der Waals surface area contributed by atoms with E-state index in [9.17, 15) is 18.0 Å². The van der Waals surface area contributed by atoms with Crippen LogP contribution in [0.25, 0.3) is 0 Å². The maximum atomic E-state index is 13.5. The summed E-state index contributed by atoms with van der Waals surface area (Å²) < 4.78 is 40.1. The largest absolute Gasteiger partial charge is 0.416 e. The van der Waals surface area contributed by atoms with E-state index in [0.717, 1.165) is 43.4 Å². The summed E-state index contributed by atoms with van der Waals surface area (Å²) >= 11 is 6.44. The van der Waals surface area contributed by atoms with E-state index in [4.69, 9.17) is 11.6 Å². The maximum absolute atomic E-state index is 13.5. The zero-order valence-corrected chi connectivity index (χ0v) is 18.4. The molecule has 0 bridgehead atoms. The lowest BCUT2D eigenvalue weighted by molar-refractivity contribution is -0.137. The number of anilines is 2. The topological polar surface area (TPSA) is 26.8 Å².